The zero-order valence-electron chi connectivity index (χ0n) is 15.4. The van der Waals surface area contributed by atoms with Gasteiger partial charge in [0.25, 0.3) is 0 Å². The molecule has 5 unspecified atom stereocenters. The van der Waals surface area contributed by atoms with E-state index in [1.54, 1.807) is 6.92 Å². The molecule has 0 aromatic carbocycles. The van der Waals surface area contributed by atoms with Gasteiger partial charge in [-0.3, -0.25) is 0 Å². The van der Waals surface area contributed by atoms with E-state index in [2.05, 4.69) is 0 Å². The number of carbonyl (C=O) groups excluding carboxylic acids is 1. The average molecular weight is 344 g/mol. The zero-order valence-corrected chi connectivity index (χ0v) is 15.4. The van der Waals surface area contributed by atoms with Crippen LogP contribution in [-0.2, 0) is 14.3 Å². The molecule has 24 heavy (non-hydrogen) atoms. The maximum Gasteiger partial charge on any atom is 0.184 e. The lowest BCUT2D eigenvalue weighted by Gasteiger charge is -2.36. The van der Waals surface area contributed by atoms with E-state index in [0.29, 0.717) is 12.8 Å². The standard InChI is InChI=1S/C19H36O5/c1-15(23-19-18(22)14-17(21)16(2)24-19)12-10-8-6-4-3-5-7-9-11-13-20/h13,15-19,21-22H,3-12,14H2,1-2H3. The maximum absolute atomic E-state index is 10.2. The molecule has 5 nitrogen and oxygen atoms in total. The molecule has 5 heteroatoms. The lowest BCUT2D eigenvalue weighted by Crippen LogP contribution is -2.48. The Morgan fingerprint density at radius 3 is 2.25 bits per heavy atom. The average Bonchev–Trinajstić information content (AvgIpc) is 2.54. The van der Waals surface area contributed by atoms with Crippen molar-refractivity contribution in [3.8, 4) is 0 Å². The molecule has 1 heterocycles. The van der Waals surface area contributed by atoms with Crippen molar-refractivity contribution in [2.75, 3.05) is 0 Å². The van der Waals surface area contributed by atoms with Gasteiger partial charge in [0.15, 0.2) is 6.29 Å². The third-order valence-electron chi connectivity index (χ3n) is 4.74. The van der Waals surface area contributed by atoms with Crippen molar-refractivity contribution in [2.45, 2.75) is 115 Å². The molecule has 0 saturated carbocycles. The number of aliphatic hydroxyl groups is 2. The quantitative estimate of drug-likeness (QED) is 0.396. The molecular formula is C19H36O5. The number of hydrogen-bond acceptors (Lipinski definition) is 5. The number of carbonyl (C=O) groups is 1. The highest BCUT2D eigenvalue weighted by atomic mass is 16.7. The number of ether oxygens (including phenoxy) is 2. The highest BCUT2D eigenvalue weighted by Gasteiger charge is 2.35. The van der Waals surface area contributed by atoms with Crippen LogP contribution >= 0.6 is 0 Å². The van der Waals surface area contributed by atoms with Crippen LogP contribution in [0.5, 0.6) is 0 Å². The van der Waals surface area contributed by atoms with E-state index in [1.807, 2.05) is 6.92 Å². The Morgan fingerprint density at radius 1 is 1.04 bits per heavy atom. The molecule has 5 atom stereocenters. The molecule has 0 amide bonds. The highest BCUT2D eigenvalue weighted by Crippen LogP contribution is 2.23. The van der Waals surface area contributed by atoms with Gasteiger partial charge in [-0.1, -0.05) is 44.9 Å². The third-order valence-corrected chi connectivity index (χ3v) is 4.74. The van der Waals surface area contributed by atoms with Crippen molar-refractivity contribution in [2.24, 2.45) is 0 Å². The van der Waals surface area contributed by atoms with Gasteiger partial charge < -0.3 is 24.5 Å². The fourth-order valence-corrected chi connectivity index (χ4v) is 3.08. The molecule has 0 radical (unpaired) electrons. The summed E-state index contributed by atoms with van der Waals surface area (Å²) in [7, 11) is 0. The van der Waals surface area contributed by atoms with Crippen LogP contribution in [0.3, 0.4) is 0 Å². The van der Waals surface area contributed by atoms with Crippen LogP contribution in [0.1, 0.15) is 84.5 Å². The Kier molecular flexibility index (Phi) is 11.5. The molecule has 0 spiro atoms. The van der Waals surface area contributed by atoms with Crippen LogP contribution in [-0.4, -0.2) is 47.2 Å². The Labute approximate surface area is 146 Å². The van der Waals surface area contributed by atoms with Gasteiger partial charge in [0.2, 0.25) is 0 Å². The van der Waals surface area contributed by atoms with E-state index in [-0.39, 0.29) is 12.2 Å². The molecule has 0 bridgehead atoms. The smallest absolute Gasteiger partial charge is 0.184 e. The van der Waals surface area contributed by atoms with Crippen molar-refractivity contribution in [1.29, 1.82) is 0 Å². The van der Waals surface area contributed by atoms with E-state index >= 15 is 0 Å². The Bertz CT molecular complexity index is 323. The minimum Gasteiger partial charge on any atom is -0.390 e. The first kappa shape index (κ1) is 21.6. The molecule has 1 rings (SSSR count). The van der Waals surface area contributed by atoms with Gasteiger partial charge in [0.05, 0.1) is 18.3 Å². The van der Waals surface area contributed by atoms with Crippen LogP contribution in [0.25, 0.3) is 0 Å². The highest BCUT2D eigenvalue weighted by molar-refractivity contribution is 5.48. The van der Waals surface area contributed by atoms with Crippen molar-refractivity contribution in [3.63, 3.8) is 0 Å². The Hall–Kier alpha value is -0.490. The SMILES string of the molecule is CC(CCCCCCCCCCC=O)OC1OC(C)C(O)CC1O. The minimum atomic E-state index is -0.752. The van der Waals surface area contributed by atoms with E-state index in [9.17, 15) is 15.0 Å². The van der Waals surface area contributed by atoms with Crippen LogP contribution in [0.15, 0.2) is 0 Å². The third kappa shape index (κ3) is 9.11. The summed E-state index contributed by atoms with van der Waals surface area (Å²) in [4.78, 5) is 10.2. The normalized spacial score (nSPS) is 28.7. The topological polar surface area (TPSA) is 76.0 Å². The molecule has 1 fully saturated rings. The number of aldehydes is 1. The van der Waals surface area contributed by atoms with Crippen LogP contribution in [0.4, 0.5) is 0 Å². The molecule has 2 N–H and O–H groups in total. The fraction of sp³-hybridized carbons (Fsp3) is 0.947. The molecule has 1 saturated heterocycles. The first-order valence-electron chi connectivity index (χ1n) is 9.65. The van der Waals surface area contributed by atoms with Gasteiger partial charge >= 0.3 is 0 Å². The molecule has 0 aromatic heterocycles. The summed E-state index contributed by atoms with van der Waals surface area (Å²) >= 11 is 0. The summed E-state index contributed by atoms with van der Waals surface area (Å²) in [5, 5.41) is 19.6. The summed E-state index contributed by atoms with van der Waals surface area (Å²) in [6.45, 7) is 3.81. The second kappa shape index (κ2) is 12.8. The first-order chi connectivity index (χ1) is 11.5. The molecule has 0 aromatic rings. The van der Waals surface area contributed by atoms with Gasteiger partial charge in [-0.25, -0.2) is 0 Å². The van der Waals surface area contributed by atoms with Gasteiger partial charge in [-0.05, 0) is 26.7 Å². The lowest BCUT2D eigenvalue weighted by molar-refractivity contribution is -0.273. The van der Waals surface area contributed by atoms with Crippen molar-refractivity contribution in [3.05, 3.63) is 0 Å². The zero-order chi connectivity index (χ0) is 17.8. The molecule has 1 aliphatic heterocycles. The van der Waals surface area contributed by atoms with E-state index in [4.69, 9.17) is 9.47 Å². The monoisotopic (exact) mass is 344 g/mol. The number of hydrogen-bond donors (Lipinski definition) is 2. The first-order valence-corrected chi connectivity index (χ1v) is 9.65. The van der Waals surface area contributed by atoms with E-state index in [1.165, 1.54) is 38.5 Å². The lowest BCUT2D eigenvalue weighted by atomic mass is 10.0. The minimum absolute atomic E-state index is 0.0513. The number of aliphatic hydroxyl groups excluding tert-OH is 2. The van der Waals surface area contributed by atoms with E-state index in [0.717, 1.165) is 25.5 Å². The summed E-state index contributed by atoms with van der Waals surface area (Å²) in [6, 6.07) is 0. The molecule has 142 valence electrons. The molecule has 0 aliphatic carbocycles. The Balaban J connectivity index is 1.98. The predicted molar refractivity (Wildman–Crippen MR) is 93.7 cm³/mol. The summed E-state index contributed by atoms with van der Waals surface area (Å²) in [5.41, 5.74) is 0. The predicted octanol–water partition coefficient (Wildman–Crippen LogP) is 3.35. The Morgan fingerprint density at radius 2 is 1.62 bits per heavy atom. The van der Waals surface area contributed by atoms with Gasteiger partial charge in [0, 0.05) is 12.8 Å². The van der Waals surface area contributed by atoms with Gasteiger partial charge in [-0.2, -0.15) is 0 Å². The van der Waals surface area contributed by atoms with Crippen LogP contribution < -0.4 is 0 Å². The summed E-state index contributed by atoms with van der Waals surface area (Å²) in [5.74, 6) is 0. The van der Waals surface area contributed by atoms with Gasteiger partial charge in [0.1, 0.15) is 12.4 Å². The summed E-state index contributed by atoms with van der Waals surface area (Å²) < 4.78 is 11.3. The largest absolute Gasteiger partial charge is 0.390 e. The second-order valence-corrected chi connectivity index (χ2v) is 7.10. The van der Waals surface area contributed by atoms with Crippen molar-refractivity contribution in [1.82, 2.24) is 0 Å². The van der Waals surface area contributed by atoms with Crippen LogP contribution in [0, 0.1) is 0 Å². The van der Waals surface area contributed by atoms with Crippen molar-refractivity contribution >= 4 is 6.29 Å². The molecular weight excluding hydrogens is 308 g/mol. The fourth-order valence-electron chi connectivity index (χ4n) is 3.08. The summed E-state index contributed by atoms with van der Waals surface area (Å²) in [6.07, 6.45) is 10.3. The number of rotatable bonds is 13. The van der Waals surface area contributed by atoms with Crippen molar-refractivity contribution < 1.29 is 24.5 Å². The number of unbranched alkanes of at least 4 members (excludes halogenated alkanes) is 8. The molecule has 1 aliphatic rings. The second-order valence-electron chi connectivity index (χ2n) is 7.10. The van der Waals surface area contributed by atoms with Gasteiger partial charge in [-0.15, -0.1) is 0 Å². The van der Waals surface area contributed by atoms with Crippen LogP contribution in [0.2, 0.25) is 0 Å². The maximum atomic E-state index is 10.2. The van der Waals surface area contributed by atoms with E-state index < -0.39 is 18.5 Å².